The van der Waals surface area contributed by atoms with E-state index in [1.807, 2.05) is 25.6 Å². The van der Waals surface area contributed by atoms with Gasteiger partial charge in [0.05, 0.1) is 11.5 Å². The number of rotatable bonds is 3. The van der Waals surface area contributed by atoms with Gasteiger partial charge < -0.3 is 5.11 Å². The summed E-state index contributed by atoms with van der Waals surface area (Å²) in [4.78, 5) is 0.265. The number of aliphatic hydroxyl groups is 1. The van der Waals surface area contributed by atoms with Crippen LogP contribution in [0.3, 0.4) is 0 Å². The van der Waals surface area contributed by atoms with Crippen molar-refractivity contribution < 1.29 is 13.5 Å². The number of benzene rings is 1. The fourth-order valence-electron chi connectivity index (χ4n) is 2.32. The number of hydrogen-bond acceptors (Lipinski definition) is 4. The van der Waals surface area contributed by atoms with Crippen molar-refractivity contribution in [3.05, 3.63) is 28.2 Å². The minimum absolute atomic E-state index is 0.104. The van der Waals surface area contributed by atoms with E-state index in [0.29, 0.717) is 33.6 Å². The van der Waals surface area contributed by atoms with Crippen LogP contribution in [0.4, 0.5) is 0 Å². The summed E-state index contributed by atoms with van der Waals surface area (Å²) in [5.41, 5.74) is 0.687. The first-order valence-electron chi connectivity index (χ1n) is 6.39. The quantitative estimate of drug-likeness (QED) is 0.875. The molecule has 4 nitrogen and oxygen atoms in total. The normalized spacial score (nSPS) is 24.8. The van der Waals surface area contributed by atoms with E-state index in [0.717, 1.165) is 0 Å². The molecule has 7 heteroatoms. The first-order valence-corrected chi connectivity index (χ1v) is 9.57. The summed E-state index contributed by atoms with van der Waals surface area (Å²) in [7, 11) is -3.49. The SMILES string of the molecule is CC1CN(S(=O)(=O)c2ccc(CO)cc2Br)CC(C)S1. The second-order valence-corrected chi connectivity index (χ2v) is 9.64. The third kappa shape index (κ3) is 3.39. The largest absolute Gasteiger partial charge is 0.392 e. The molecule has 0 radical (unpaired) electrons. The van der Waals surface area contributed by atoms with Gasteiger partial charge >= 0.3 is 0 Å². The predicted molar refractivity (Wildman–Crippen MR) is 85.3 cm³/mol. The highest BCUT2D eigenvalue weighted by molar-refractivity contribution is 9.10. The van der Waals surface area contributed by atoms with E-state index in [2.05, 4.69) is 15.9 Å². The Bertz CT molecular complexity index is 581. The van der Waals surface area contributed by atoms with Crippen LogP contribution in [0.2, 0.25) is 0 Å². The Kier molecular flexibility index (Phi) is 5.18. The van der Waals surface area contributed by atoms with Gasteiger partial charge in [-0.2, -0.15) is 16.1 Å². The van der Waals surface area contributed by atoms with Crippen molar-refractivity contribution in [2.24, 2.45) is 0 Å². The van der Waals surface area contributed by atoms with Gasteiger partial charge in [-0.05, 0) is 33.6 Å². The Morgan fingerprint density at radius 1 is 1.35 bits per heavy atom. The van der Waals surface area contributed by atoms with Crippen molar-refractivity contribution in [3.63, 3.8) is 0 Å². The van der Waals surface area contributed by atoms with Gasteiger partial charge in [-0.3, -0.25) is 0 Å². The van der Waals surface area contributed by atoms with Gasteiger partial charge in [0.1, 0.15) is 0 Å². The van der Waals surface area contributed by atoms with E-state index in [-0.39, 0.29) is 11.5 Å². The van der Waals surface area contributed by atoms with Crippen molar-refractivity contribution in [1.82, 2.24) is 4.31 Å². The second kappa shape index (κ2) is 6.36. The molecule has 112 valence electrons. The summed E-state index contributed by atoms with van der Waals surface area (Å²) in [5.74, 6) is 0. The molecule has 1 saturated heterocycles. The van der Waals surface area contributed by atoms with E-state index in [1.54, 1.807) is 22.5 Å². The maximum atomic E-state index is 12.7. The van der Waals surface area contributed by atoms with Crippen LogP contribution < -0.4 is 0 Å². The lowest BCUT2D eigenvalue weighted by atomic mass is 10.2. The van der Waals surface area contributed by atoms with E-state index in [4.69, 9.17) is 5.11 Å². The Labute approximate surface area is 132 Å². The van der Waals surface area contributed by atoms with E-state index < -0.39 is 10.0 Å². The predicted octanol–water partition coefficient (Wildman–Crippen LogP) is 2.46. The lowest BCUT2D eigenvalue weighted by Gasteiger charge is -2.33. The van der Waals surface area contributed by atoms with Crippen molar-refractivity contribution >= 4 is 37.7 Å². The first-order chi connectivity index (χ1) is 9.34. The fraction of sp³-hybridized carbons (Fsp3) is 0.538. The van der Waals surface area contributed by atoms with E-state index in [9.17, 15) is 8.42 Å². The highest BCUT2D eigenvalue weighted by Crippen LogP contribution is 2.31. The number of thioether (sulfide) groups is 1. The molecule has 1 aromatic carbocycles. The molecule has 2 rings (SSSR count). The average Bonchev–Trinajstić information content (AvgIpc) is 2.37. The highest BCUT2D eigenvalue weighted by Gasteiger charge is 2.33. The molecule has 0 aliphatic carbocycles. The summed E-state index contributed by atoms with van der Waals surface area (Å²) >= 11 is 5.11. The molecule has 0 aromatic heterocycles. The Balaban J connectivity index is 2.35. The molecule has 0 spiro atoms. The molecule has 2 unspecified atom stereocenters. The molecule has 1 aromatic rings. The maximum absolute atomic E-state index is 12.7. The average molecular weight is 380 g/mol. The zero-order valence-corrected chi connectivity index (χ0v) is 14.6. The summed E-state index contributed by atoms with van der Waals surface area (Å²) in [6.07, 6.45) is 0. The van der Waals surface area contributed by atoms with Gasteiger partial charge in [0.25, 0.3) is 0 Å². The fourth-order valence-corrected chi connectivity index (χ4v) is 6.53. The topological polar surface area (TPSA) is 57.6 Å². The highest BCUT2D eigenvalue weighted by atomic mass is 79.9. The minimum Gasteiger partial charge on any atom is -0.392 e. The Morgan fingerprint density at radius 2 is 1.95 bits per heavy atom. The molecule has 1 N–H and O–H groups in total. The lowest BCUT2D eigenvalue weighted by molar-refractivity contribution is 0.281. The maximum Gasteiger partial charge on any atom is 0.244 e. The first kappa shape index (κ1) is 16.3. The number of hydrogen-bond donors (Lipinski definition) is 1. The third-order valence-electron chi connectivity index (χ3n) is 3.18. The smallest absolute Gasteiger partial charge is 0.244 e. The summed E-state index contributed by atoms with van der Waals surface area (Å²) in [6.45, 7) is 5.06. The standard InChI is InChI=1S/C13H18BrNO3S2/c1-9-6-15(7-10(2)19-9)20(17,18)13-4-3-11(8-16)5-12(13)14/h3-5,9-10,16H,6-8H2,1-2H3. The summed E-state index contributed by atoms with van der Waals surface area (Å²) in [5, 5.41) is 9.68. The number of aliphatic hydroxyl groups excluding tert-OH is 1. The van der Waals surface area contributed by atoms with Crippen molar-refractivity contribution in [3.8, 4) is 0 Å². The molecular weight excluding hydrogens is 362 g/mol. The number of nitrogens with zero attached hydrogens (tertiary/aromatic N) is 1. The molecule has 0 amide bonds. The van der Waals surface area contributed by atoms with Crippen LogP contribution in [0.25, 0.3) is 0 Å². The van der Waals surface area contributed by atoms with Crippen LogP contribution in [-0.2, 0) is 16.6 Å². The zero-order chi connectivity index (χ0) is 14.9. The zero-order valence-electron chi connectivity index (χ0n) is 11.4. The monoisotopic (exact) mass is 379 g/mol. The summed E-state index contributed by atoms with van der Waals surface area (Å²) < 4.78 is 27.5. The molecule has 1 fully saturated rings. The van der Waals surface area contributed by atoms with E-state index >= 15 is 0 Å². The van der Waals surface area contributed by atoms with Gasteiger partial charge in [-0.25, -0.2) is 8.42 Å². The van der Waals surface area contributed by atoms with Crippen molar-refractivity contribution in [2.75, 3.05) is 13.1 Å². The molecule has 1 aliphatic heterocycles. The van der Waals surface area contributed by atoms with Crippen LogP contribution in [0.5, 0.6) is 0 Å². The van der Waals surface area contributed by atoms with E-state index in [1.165, 1.54) is 0 Å². The lowest BCUT2D eigenvalue weighted by Crippen LogP contribution is -2.44. The van der Waals surface area contributed by atoms with Crippen LogP contribution in [-0.4, -0.2) is 41.4 Å². The molecule has 20 heavy (non-hydrogen) atoms. The van der Waals surface area contributed by atoms with Crippen LogP contribution in [0.1, 0.15) is 19.4 Å². The van der Waals surface area contributed by atoms with Gasteiger partial charge in [0.2, 0.25) is 10.0 Å². The van der Waals surface area contributed by atoms with Crippen molar-refractivity contribution in [2.45, 2.75) is 35.8 Å². The van der Waals surface area contributed by atoms with Gasteiger partial charge in [-0.15, -0.1) is 0 Å². The van der Waals surface area contributed by atoms with Crippen LogP contribution >= 0.6 is 27.7 Å². The van der Waals surface area contributed by atoms with Gasteiger partial charge in [0.15, 0.2) is 0 Å². The summed E-state index contributed by atoms with van der Waals surface area (Å²) in [6, 6.07) is 4.85. The van der Waals surface area contributed by atoms with Crippen LogP contribution in [0, 0.1) is 0 Å². The molecule has 1 heterocycles. The number of halogens is 1. The number of sulfonamides is 1. The van der Waals surface area contributed by atoms with Crippen LogP contribution in [0.15, 0.2) is 27.6 Å². The minimum atomic E-state index is -3.49. The molecule has 1 aliphatic rings. The molecule has 0 bridgehead atoms. The molecule has 2 atom stereocenters. The molecular formula is C13H18BrNO3S2. The Hall–Kier alpha value is -0.0800. The third-order valence-corrected chi connectivity index (χ3v) is 7.22. The molecule has 0 saturated carbocycles. The second-order valence-electron chi connectivity index (χ2n) is 5.00. The van der Waals surface area contributed by atoms with Gasteiger partial charge in [-0.1, -0.05) is 19.9 Å². The Morgan fingerprint density at radius 3 is 2.45 bits per heavy atom. The van der Waals surface area contributed by atoms with Gasteiger partial charge in [0, 0.05) is 28.1 Å². The van der Waals surface area contributed by atoms with Crippen molar-refractivity contribution in [1.29, 1.82) is 0 Å².